The van der Waals surface area contributed by atoms with Crippen molar-refractivity contribution in [2.24, 2.45) is 10.9 Å². The third-order valence-corrected chi connectivity index (χ3v) is 6.83. The van der Waals surface area contributed by atoms with E-state index >= 15 is 0 Å². The SMILES string of the molecule is CN1C(=O)C(NC(=S)Nc2ccc(-c3ccccc3)cc2)N=C(c2ccccc2)C2CC(Cl)=CC=C21. The first-order valence-corrected chi connectivity index (χ1v) is 12.5. The number of nitrogens with zero attached hydrogens (tertiary/aromatic N) is 2. The monoisotopic (exact) mass is 512 g/mol. The fraction of sp³-hybridized carbons (Fsp3) is 0.138. The number of fused-ring (bicyclic) bond motifs is 1. The van der Waals surface area contributed by atoms with Gasteiger partial charge in [-0.25, -0.2) is 0 Å². The van der Waals surface area contributed by atoms with Gasteiger partial charge in [-0.2, -0.15) is 0 Å². The van der Waals surface area contributed by atoms with Crippen molar-refractivity contribution in [3.05, 3.63) is 113 Å². The maximum Gasteiger partial charge on any atom is 0.271 e. The van der Waals surface area contributed by atoms with Crippen LogP contribution in [0.4, 0.5) is 5.69 Å². The highest BCUT2D eigenvalue weighted by Crippen LogP contribution is 2.34. The molecule has 2 N–H and O–H groups in total. The summed E-state index contributed by atoms with van der Waals surface area (Å²) in [5, 5.41) is 7.35. The van der Waals surface area contributed by atoms with Gasteiger partial charge in [-0.05, 0) is 59.6 Å². The highest BCUT2D eigenvalue weighted by Gasteiger charge is 2.36. The number of likely N-dealkylation sites (N-methyl/N-ethyl adjacent to an activating group) is 1. The van der Waals surface area contributed by atoms with Gasteiger partial charge < -0.3 is 15.5 Å². The summed E-state index contributed by atoms with van der Waals surface area (Å²) < 4.78 is 0. The summed E-state index contributed by atoms with van der Waals surface area (Å²) in [6.07, 6.45) is 3.46. The zero-order valence-electron chi connectivity index (χ0n) is 19.7. The van der Waals surface area contributed by atoms with E-state index in [0.29, 0.717) is 11.5 Å². The van der Waals surface area contributed by atoms with Gasteiger partial charge >= 0.3 is 0 Å². The van der Waals surface area contributed by atoms with Crippen molar-refractivity contribution in [1.82, 2.24) is 10.2 Å². The van der Waals surface area contributed by atoms with Crippen LogP contribution in [0.25, 0.3) is 11.1 Å². The van der Waals surface area contributed by atoms with E-state index < -0.39 is 6.17 Å². The van der Waals surface area contributed by atoms with Gasteiger partial charge in [0.2, 0.25) is 6.17 Å². The molecule has 0 fully saturated rings. The van der Waals surface area contributed by atoms with E-state index in [1.165, 1.54) is 0 Å². The second-order valence-electron chi connectivity index (χ2n) is 8.68. The van der Waals surface area contributed by atoms with Crippen molar-refractivity contribution in [2.75, 3.05) is 12.4 Å². The minimum atomic E-state index is -0.876. The maximum absolute atomic E-state index is 13.4. The smallest absolute Gasteiger partial charge is 0.271 e. The molecule has 0 bridgehead atoms. The summed E-state index contributed by atoms with van der Waals surface area (Å²) in [4.78, 5) is 20.0. The third-order valence-electron chi connectivity index (χ3n) is 6.33. The molecule has 36 heavy (non-hydrogen) atoms. The van der Waals surface area contributed by atoms with Crippen molar-refractivity contribution in [3.63, 3.8) is 0 Å². The van der Waals surface area contributed by atoms with Gasteiger partial charge in [-0.3, -0.25) is 9.79 Å². The average molecular weight is 513 g/mol. The topological polar surface area (TPSA) is 56.7 Å². The van der Waals surface area contributed by atoms with Crippen LogP contribution in [0.5, 0.6) is 0 Å². The lowest BCUT2D eigenvalue weighted by molar-refractivity contribution is -0.129. The maximum atomic E-state index is 13.4. The van der Waals surface area contributed by atoms with Crippen LogP contribution in [0.2, 0.25) is 0 Å². The zero-order chi connectivity index (χ0) is 25.1. The summed E-state index contributed by atoms with van der Waals surface area (Å²) in [5.74, 6) is -0.315. The third kappa shape index (κ3) is 5.10. The zero-order valence-corrected chi connectivity index (χ0v) is 21.3. The van der Waals surface area contributed by atoms with Crippen LogP contribution >= 0.6 is 23.8 Å². The Kier molecular flexibility index (Phi) is 6.98. The number of anilines is 1. The Morgan fingerprint density at radius 2 is 1.53 bits per heavy atom. The van der Waals surface area contributed by atoms with Crippen LogP contribution in [0, 0.1) is 5.92 Å². The van der Waals surface area contributed by atoms with E-state index in [1.807, 2.05) is 84.9 Å². The lowest BCUT2D eigenvalue weighted by Crippen LogP contribution is -2.46. The number of thiocarbonyl (C=S) groups is 1. The molecule has 1 aliphatic carbocycles. The number of carbonyl (C=O) groups excluding carboxylic acids is 1. The molecule has 1 heterocycles. The van der Waals surface area contributed by atoms with Crippen molar-refractivity contribution in [2.45, 2.75) is 12.6 Å². The molecule has 5 rings (SSSR count). The highest BCUT2D eigenvalue weighted by molar-refractivity contribution is 7.80. The van der Waals surface area contributed by atoms with Gasteiger partial charge in [0.1, 0.15) is 0 Å². The highest BCUT2D eigenvalue weighted by atomic mass is 35.5. The second-order valence-corrected chi connectivity index (χ2v) is 9.58. The minimum Gasteiger partial charge on any atom is -0.333 e. The molecule has 1 aliphatic heterocycles. The second kappa shape index (κ2) is 10.5. The van der Waals surface area contributed by atoms with Gasteiger partial charge in [0.25, 0.3) is 5.91 Å². The molecule has 1 amide bonds. The minimum absolute atomic E-state index is 0.127. The molecule has 0 aromatic heterocycles. The number of allylic oxidation sites excluding steroid dienone is 4. The normalized spacial score (nSPS) is 19.3. The molecule has 2 unspecified atom stereocenters. The Labute approximate surface area is 221 Å². The van der Waals surface area contributed by atoms with Crippen LogP contribution in [0.3, 0.4) is 0 Å². The molecule has 180 valence electrons. The number of carbonyl (C=O) groups is 1. The summed E-state index contributed by atoms with van der Waals surface area (Å²) in [7, 11) is 1.77. The number of benzene rings is 3. The number of aliphatic imine (C=N–C) groups is 1. The molecule has 3 aromatic carbocycles. The molecule has 0 saturated heterocycles. The fourth-order valence-electron chi connectivity index (χ4n) is 4.48. The van der Waals surface area contributed by atoms with E-state index in [2.05, 4.69) is 22.8 Å². The summed E-state index contributed by atoms with van der Waals surface area (Å²) >= 11 is 12.0. The molecule has 0 radical (unpaired) electrons. The van der Waals surface area contributed by atoms with Crippen molar-refractivity contribution >= 4 is 46.2 Å². The number of rotatable bonds is 4. The molecular formula is C29H25ClN4OS. The summed E-state index contributed by atoms with van der Waals surface area (Å²) in [6.45, 7) is 0. The van der Waals surface area contributed by atoms with Gasteiger partial charge in [0.15, 0.2) is 5.11 Å². The van der Waals surface area contributed by atoms with E-state index in [4.69, 9.17) is 28.8 Å². The Hall–Kier alpha value is -3.74. The van der Waals surface area contributed by atoms with Crippen LogP contribution < -0.4 is 10.6 Å². The Morgan fingerprint density at radius 1 is 0.917 bits per heavy atom. The molecule has 5 nitrogen and oxygen atoms in total. The molecule has 7 heteroatoms. The number of hydrogen-bond acceptors (Lipinski definition) is 3. The molecule has 2 atom stereocenters. The average Bonchev–Trinajstić information content (AvgIpc) is 3.00. The standard InChI is InChI=1S/C29H25ClN4OS/c1-34-25-17-14-22(30)18-24(25)26(21-10-6-3-7-11-21)32-27(28(34)35)33-29(36)31-23-15-12-20(13-16-23)19-8-4-2-5-9-19/h2-17,24,27H,18H2,1H3,(H2,31,33,36). The molecule has 0 saturated carbocycles. The largest absolute Gasteiger partial charge is 0.333 e. The number of halogens is 1. The first-order chi connectivity index (χ1) is 17.5. The molecular weight excluding hydrogens is 488 g/mol. The molecule has 2 aliphatic rings. The molecule has 0 spiro atoms. The van der Waals surface area contributed by atoms with Crippen LogP contribution in [-0.4, -0.2) is 34.8 Å². The van der Waals surface area contributed by atoms with E-state index in [0.717, 1.165) is 38.8 Å². The van der Waals surface area contributed by atoms with Crippen molar-refractivity contribution < 1.29 is 4.79 Å². The first-order valence-electron chi connectivity index (χ1n) is 11.7. The number of amides is 1. The van der Waals surface area contributed by atoms with Gasteiger partial charge in [-0.15, -0.1) is 0 Å². The van der Waals surface area contributed by atoms with Crippen molar-refractivity contribution in [3.8, 4) is 11.1 Å². The lowest BCUT2D eigenvalue weighted by Gasteiger charge is -2.28. The Balaban J connectivity index is 1.38. The number of hydrogen-bond donors (Lipinski definition) is 2. The van der Waals surface area contributed by atoms with E-state index in [1.54, 1.807) is 11.9 Å². The van der Waals surface area contributed by atoms with Crippen LogP contribution in [0.15, 0.2) is 113 Å². The van der Waals surface area contributed by atoms with Gasteiger partial charge in [0.05, 0.1) is 5.71 Å². The summed E-state index contributed by atoms with van der Waals surface area (Å²) in [5.41, 5.74) is 5.70. The first kappa shape index (κ1) is 24.0. The predicted molar refractivity (Wildman–Crippen MR) is 151 cm³/mol. The van der Waals surface area contributed by atoms with E-state index in [9.17, 15) is 4.79 Å². The van der Waals surface area contributed by atoms with Gasteiger partial charge in [0, 0.05) is 29.4 Å². The van der Waals surface area contributed by atoms with Crippen LogP contribution in [0.1, 0.15) is 12.0 Å². The molecule has 3 aromatic rings. The lowest BCUT2D eigenvalue weighted by atomic mass is 9.87. The van der Waals surface area contributed by atoms with E-state index in [-0.39, 0.29) is 11.8 Å². The quantitative estimate of drug-likeness (QED) is 0.424. The number of nitrogens with one attached hydrogen (secondary N) is 2. The predicted octanol–water partition coefficient (Wildman–Crippen LogP) is 5.95. The van der Waals surface area contributed by atoms with Crippen LogP contribution in [-0.2, 0) is 4.79 Å². The fourth-order valence-corrected chi connectivity index (χ4v) is 4.93. The summed E-state index contributed by atoms with van der Waals surface area (Å²) in [6, 6.07) is 28.0. The Morgan fingerprint density at radius 3 is 2.19 bits per heavy atom. The van der Waals surface area contributed by atoms with Gasteiger partial charge in [-0.1, -0.05) is 84.4 Å². The Bertz CT molecular complexity index is 1370. The van der Waals surface area contributed by atoms with Crippen molar-refractivity contribution in [1.29, 1.82) is 0 Å².